The van der Waals surface area contributed by atoms with Crippen molar-refractivity contribution in [1.82, 2.24) is 14.8 Å². The van der Waals surface area contributed by atoms with E-state index in [0.29, 0.717) is 11.9 Å². The Kier molecular flexibility index (Phi) is 4.18. The molecule has 2 aromatic rings. The average Bonchev–Trinajstić information content (AvgIpc) is 2.50. The van der Waals surface area contributed by atoms with E-state index in [1.165, 1.54) is 11.1 Å². The van der Waals surface area contributed by atoms with Gasteiger partial charge in [-0.05, 0) is 30.3 Å². The van der Waals surface area contributed by atoms with Crippen molar-refractivity contribution in [3.05, 3.63) is 59.8 Å². The molecule has 0 aliphatic carbocycles. The van der Waals surface area contributed by atoms with E-state index in [0.717, 1.165) is 26.2 Å². The highest BCUT2D eigenvalue weighted by atomic mass is 15.3. The van der Waals surface area contributed by atoms with Crippen LogP contribution in [0.25, 0.3) is 0 Å². The van der Waals surface area contributed by atoms with Crippen LogP contribution in [0.15, 0.2) is 48.7 Å². The van der Waals surface area contributed by atoms with E-state index in [-0.39, 0.29) is 0 Å². The molecular weight excluding hydrogens is 260 g/mol. The third-order valence-electron chi connectivity index (χ3n) is 4.11. The van der Waals surface area contributed by atoms with E-state index in [1.807, 2.05) is 6.07 Å². The van der Waals surface area contributed by atoms with E-state index in [1.54, 1.807) is 6.20 Å². The van der Waals surface area contributed by atoms with Crippen LogP contribution in [0.5, 0.6) is 0 Å². The lowest BCUT2D eigenvalue weighted by Crippen LogP contribution is -2.46. The predicted octanol–water partition coefficient (Wildman–Crippen LogP) is 2.15. The second-order valence-corrected chi connectivity index (χ2v) is 5.75. The molecule has 2 heterocycles. The third kappa shape index (κ3) is 3.40. The Morgan fingerprint density at radius 1 is 1.19 bits per heavy atom. The summed E-state index contributed by atoms with van der Waals surface area (Å²) in [6, 6.07) is 15.2. The van der Waals surface area contributed by atoms with Gasteiger partial charge in [0.1, 0.15) is 5.82 Å². The molecule has 4 heteroatoms. The van der Waals surface area contributed by atoms with Gasteiger partial charge in [0.15, 0.2) is 0 Å². The van der Waals surface area contributed by atoms with Crippen LogP contribution in [0.4, 0.5) is 5.82 Å². The fourth-order valence-electron chi connectivity index (χ4n) is 2.96. The molecular formula is C17H22N4. The molecule has 0 spiro atoms. The van der Waals surface area contributed by atoms with Crippen molar-refractivity contribution in [2.45, 2.75) is 12.6 Å². The molecule has 0 saturated carbocycles. The van der Waals surface area contributed by atoms with Crippen LogP contribution >= 0.6 is 0 Å². The number of benzene rings is 1. The van der Waals surface area contributed by atoms with Crippen molar-refractivity contribution in [2.75, 3.05) is 32.4 Å². The summed E-state index contributed by atoms with van der Waals surface area (Å²) in [5.74, 6) is 0.595. The average molecular weight is 282 g/mol. The molecule has 1 unspecified atom stereocenters. The van der Waals surface area contributed by atoms with Gasteiger partial charge >= 0.3 is 0 Å². The Hall–Kier alpha value is -1.91. The summed E-state index contributed by atoms with van der Waals surface area (Å²) in [5, 5.41) is 0. The maximum Gasteiger partial charge on any atom is 0.123 e. The van der Waals surface area contributed by atoms with Crippen LogP contribution in [0.2, 0.25) is 0 Å². The SMILES string of the molecule is CN1CCN(Cc2ccnc(N)c2)C(c2ccccc2)C1. The number of pyridine rings is 1. The molecule has 2 N–H and O–H groups in total. The van der Waals surface area contributed by atoms with Gasteiger partial charge in [-0.2, -0.15) is 0 Å². The summed E-state index contributed by atoms with van der Waals surface area (Å²) < 4.78 is 0. The molecule has 1 aromatic heterocycles. The Balaban J connectivity index is 1.81. The van der Waals surface area contributed by atoms with E-state index in [2.05, 4.69) is 58.2 Å². The van der Waals surface area contributed by atoms with Crippen LogP contribution in [0.3, 0.4) is 0 Å². The van der Waals surface area contributed by atoms with Crippen LogP contribution in [0.1, 0.15) is 17.2 Å². The van der Waals surface area contributed by atoms with Crippen molar-refractivity contribution in [2.24, 2.45) is 0 Å². The summed E-state index contributed by atoms with van der Waals surface area (Å²) in [5.41, 5.74) is 8.40. The third-order valence-corrected chi connectivity index (χ3v) is 4.11. The number of anilines is 1. The highest BCUT2D eigenvalue weighted by Crippen LogP contribution is 2.26. The van der Waals surface area contributed by atoms with Crippen molar-refractivity contribution < 1.29 is 0 Å². The highest BCUT2D eigenvalue weighted by Gasteiger charge is 2.26. The molecule has 1 fully saturated rings. The molecule has 0 amide bonds. The molecule has 1 aromatic carbocycles. The van der Waals surface area contributed by atoms with Gasteiger partial charge in [-0.15, -0.1) is 0 Å². The monoisotopic (exact) mass is 282 g/mol. The number of nitrogen functional groups attached to an aromatic ring is 1. The van der Waals surface area contributed by atoms with Gasteiger partial charge in [-0.25, -0.2) is 4.98 Å². The van der Waals surface area contributed by atoms with Crippen molar-refractivity contribution in [1.29, 1.82) is 0 Å². The Labute approximate surface area is 126 Å². The lowest BCUT2D eigenvalue weighted by molar-refractivity contribution is 0.0834. The molecule has 21 heavy (non-hydrogen) atoms. The number of nitrogens with zero attached hydrogens (tertiary/aromatic N) is 3. The minimum Gasteiger partial charge on any atom is -0.384 e. The molecule has 0 radical (unpaired) electrons. The number of aromatic nitrogens is 1. The first-order chi connectivity index (χ1) is 10.2. The van der Waals surface area contributed by atoms with Crippen molar-refractivity contribution in [3.63, 3.8) is 0 Å². The maximum absolute atomic E-state index is 5.79. The van der Waals surface area contributed by atoms with E-state index in [4.69, 9.17) is 5.73 Å². The molecule has 1 aliphatic heterocycles. The molecule has 1 atom stereocenters. The fourth-order valence-corrected chi connectivity index (χ4v) is 2.96. The molecule has 1 saturated heterocycles. The van der Waals surface area contributed by atoms with Gasteiger partial charge < -0.3 is 10.6 Å². The normalized spacial score (nSPS) is 20.5. The van der Waals surface area contributed by atoms with E-state index >= 15 is 0 Å². The van der Waals surface area contributed by atoms with Gasteiger partial charge in [-0.1, -0.05) is 30.3 Å². The van der Waals surface area contributed by atoms with E-state index in [9.17, 15) is 0 Å². The number of hydrogen-bond donors (Lipinski definition) is 1. The number of piperazine rings is 1. The van der Waals surface area contributed by atoms with Crippen LogP contribution < -0.4 is 5.73 Å². The predicted molar refractivity (Wildman–Crippen MR) is 85.7 cm³/mol. The quantitative estimate of drug-likeness (QED) is 0.937. The minimum atomic E-state index is 0.430. The minimum absolute atomic E-state index is 0.430. The van der Waals surface area contributed by atoms with Gasteiger partial charge in [0, 0.05) is 38.4 Å². The molecule has 0 bridgehead atoms. The molecule has 4 nitrogen and oxygen atoms in total. The van der Waals surface area contributed by atoms with Gasteiger partial charge in [0.2, 0.25) is 0 Å². The number of likely N-dealkylation sites (N-methyl/N-ethyl adjacent to an activating group) is 1. The smallest absolute Gasteiger partial charge is 0.123 e. The summed E-state index contributed by atoms with van der Waals surface area (Å²) in [4.78, 5) is 9.00. The second-order valence-electron chi connectivity index (χ2n) is 5.75. The summed E-state index contributed by atoms with van der Waals surface area (Å²) >= 11 is 0. The first-order valence-corrected chi connectivity index (χ1v) is 7.40. The lowest BCUT2D eigenvalue weighted by atomic mass is 10.0. The number of rotatable bonds is 3. The summed E-state index contributed by atoms with van der Waals surface area (Å²) in [7, 11) is 2.19. The highest BCUT2D eigenvalue weighted by molar-refractivity contribution is 5.32. The van der Waals surface area contributed by atoms with Crippen molar-refractivity contribution in [3.8, 4) is 0 Å². The van der Waals surface area contributed by atoms with Crippen molar-refractivity contribution >= 4 is 5.82 Å². The van der Waals surface area contributed by atoms with Gasteiger partial charge in [-0.3, -0.25) is 4.90 Å². The van der Waals surface area contributed by atoms with Crippen LogP contribution in [0, 0.1) is 0 Å². The number of nitrogens with two attached hydrogens (primary N) is 1. The molecule has 1 aliphatic rings. The fraction of sp³-hybridized carbons (Fsp3) is 0.353. The lowest BCUT2D eigenvalue weighted by Gasteiger charge is -2.40. The van der Waals surface area contributed by atoms with Crippen LogP contribution in [-0.4, -0.2) is 41.5 Å². The first-order valence-electron chi connectivity index (χ1n) is 7.40. The topological polar surface area (TPSA) is 45.4 Å². The zero-order valence-electron chi connectivity index (χ0n) is 12.4. The zero-order chi connectivity index (χ0) is 14.7. The maximum atomic E-state index is 5.79. The Bertz CT molecular complexity index is 584. The Morgan fingerprint density at radius 3 is 2.76 bits per heavy atom. The Morgan fingerprint density at radius 2 is 2.00 bits per heavy atom. The summed E-state index contributed by atoms with van der Waals surface area (Å²) in [6.07, 6.45) is 1.79. The standard InChI is InChI=1S/C17H22N4/c1-20-9-10-21(12-14-7-8-19-17(18)11-14)16(13-20)15-5-3-2-4-6-15/h2-8,11,16H,9-10,12-13H2,1H3,(H2,18,19). The van der Waals surface area contributed by atoms with Gasteiger partial charge in [0.25, 0.3) is 0 Å². The molecule has 110 valence electrons. The van der Waals surface area contributed by atoms with Crippen LogP contribution in [-0.2, 0) is 6.54 Å². The zero-order valence-corrected chi connectivity index (χ0v) is 12.4. The summed E-state index contributed by atoms with van der Waals surface area (Å²) in [6.45, 7) is 4.15. The number of hydrogen-bond acceptors (Lipinski definition) is 4. The van der Waals surface area contributed by atoms with E-state index < -0.39 is 0 Å². The molecule has 3 rings (SSSR count). The second kappa shape index (κ2) is 6.24. The largest absolute Gasteiger partial charge is 0.384 e. The van der Waals surface area contributed by atoms with Gasteiger partial charge in [0.05, 0.1) is 0 Å². The first kappa shape index (κ1) is 14.0.